The number of benzene rings is 1. The molecule has 1 spiro atoms. The minimum Gasteiger partial charge on any atom is -0.399 e. The molecule has 21 heavy (non-hydrogen) atoms. The molecule has 0 aromatic heterocycles. The number of nitrogens with zero attached hydrogens (tertiary/aromatic N) is 1. The molecule has 1 amide bonds. The van der Waals surface area contributed by atoms with Crippen LogP contribution in [-0.4, -0.2) is 23.9 Å². The van der Waals surface area contributed by atoms with E-state index in [0.29, 0.717) is 21.7 Å². The summed E-state index contributed by atoms with van der Waals surface area (Å²) in [6.45, 7) is 1.70. The Morgan fingerprint density at radius 2 is 1.76 bits per heavy atom. The van der Waals surface area contributed by atoms with E-state index in [1.165, 1.54) is 32.1 Å². The van der Waals surface area contributed by atoms with Crippen molar-refractivity contribution in [2.75, 3.05) is 18.8 Å². The number of anilines is 1. The van der Waals surface area contributed by atoms with Crippen LogP contribution in [0.3, 0.4) is 0 Å². The molecule has 2 aliphatic rings. The Morgan fingerprint density at radius 3 is 2.43 bits per heavy atom. The molecule has 1 aromatic carbocycles. The number of carbonyl (C=O) groups is 1. The maximum Gasteiger partial charge on any atom is 0.255 e. The average molecular weight is 307 g/mol. The van der Waals surface area contributed by atoms with E-state index in [4.69, 9.17) is 17.3 Å². The van der Waals surface area contributed by atoms with Crippen molar-refractivity contribution in [2.45, 2.75) is 44.9 Å². The molecule has 1 aliphatic heterocycles. The van der Waals surface area contributed by atoms with Crippen LogP contribution in [-0.2, 0) is 0 Å². The van der Waals surface area contributed by atoms with Crippen molar-refractivity contribution in [1.82, 2.24) is 4.90 Å². The van der Waals surface area contributed by atoms with Gasteiger partial charge in [-0.15, -0.1) is 0 Å². The molecule has 1 saturated heterocycles. The monoisotopic (exact) mass is 306 g/mol. The molecule has 2 fully saturated rings. The molecular weight excluding hydrogens is 284 g/mol. The summed E-state index contributed by atoms with van der Waals surface area (Å²) in [4.78, 5) is 14.6. The molecule has 3 nitrogen and oxygen atoms in total. The molecule has 0 atom stereocenters. The van der Waals surface area contributed by atoms with E-state index in [0.717, 1.165) is 25.9 Å². The van der Waals surface area contributed by atoms with E-state index in [1.54, 1.807) is 18.2 Å². The molecule has 1 aliphatic carbocycles. The minimum atomic E-state index is 0.0259. The lowest BCUT2D eigenvalue weighted by Gasteiger charge is -2.44. The summed E-state index contributed by atoms with van der Waals surface area (Å²) >= 11 is 6.15. The summed E-state index contributed by atoms with van der Waals surface area (Å²) in [5.41, 5.74) is 7.41. The topological polar surface area (TPSA) is 46.3 Å². The normalized spacial score (nSPS) is 21.5. The molecule has 0 bridgehead atoms. The van der Waals surface area contributed by atoms with E-state index >= 15 is 0 Å². The Kier molecular flexibility index (Phi) is 4.12. The summed E-state index contributed by atoms with van der Waals surface area (Å²) in [5.74, 6) is 0.0259. The first-order valence-corrected chi connectivity index (χ1v) is 8.32. The van der Waals surface area contributed by atoms with Gasteiger partial charge in [0.05, 0.1) is 10.6 Å². The van der Waals surface area contributed by atoms with Crippen molar-refractivity contribution in [1.29, 1.82) is 0 Å². The van der Waals surface area contributed by atoms with Gasteiger partial charge in [0.15, 0.2) is 0 Å². The van der Waals surface area contributed by atoms with Gasteiger partial charge in [0, 0.05) is 18.8 Å². The summed E-state index contributed by atoms with van der Waals surface area (Å²) < 4.78 is 0. The third-order valence-corrected chi connectivity index (χ3v) is 5.58. The van der Waals surface area contributed by atoms with Crippen molar-refractivity contribution in [3.05, 3.63) is 28.8 Å². The quantitative estimate of drug-likeness (QED) is 0.794. The maximum absolute atomic E-state index is 12.6. The van der Waals surface area contributed by atoms with Gasteiger partial charge in [0.25, 0.3) is 5.91 Å². The van der Waals surface area contributed by atoms with Crippen LogP contribution in [0.2, 0.25) is 5.02 Å². The summed E-state index contributed by atoms with van der Waals surface area (Å²) in [6, 6.07) is 5.12. The zero-order valence-electron chi connectivity index (χ0n) is 12.4. The van der Waals surface area contributed by atoms with Crippen LogP contribution in [0.25, 0.3) is 0 Å². The predicted molar refractivity (Wildman–Crippen MR) is 86.5 cm³/mol. The second-order valence-electron chi connectivity index (χ2n) is 6.59. The van der Waals surface area contributed by atoms with Gasteiger partial charge < -0.3 is 10.6 Å². The number of nitrogens with two attached hydrogens (primary N) is 1. The molecule has 3 rings (SSSR count). The lowest BCUT2D eigenvalue weighted by Crippen LogP contribution is -2.44. The van der Waals surface area contributed by atoms with Gasteiger partial charge in [0.1, 0.15) is 0 Å². The molecule has 0 radical (unpaired) electrons. The van der Waals surface area contributed by atoms with E-state index in [-0.39, 0.29) is 5.91 Å². The number of piperidine rings is 1. The van der Waals surface area contributed by atoms with E-state index in [9.17, 15) is 4.79 Å². The smallest absolute Gasteiger partial charge is 0.255 e. The van der Waals surface area contributed by atoms with Crippen molar-refractivity contribution in [3.8, 4) is 0 Å². The van der Waals surface area contributed by atoms with Gasteiger partial charge in [-0.25, -0.2) is 0 Å². The van der Waals surface area contributed by atoms with E-state index in [2.05, 4.69) is 0 Å². The fourth-order valence-corrected chi connectivity index (χ4v) is 4.06. The number of hydrogen-bond acceptors (Lipinski definition) is 2. The highest BCUT2D eigenvalue weighted by Gasteiger charge is 2.37. The molecule has 1 aromatic rings. The Hall–Kier alpha value is -1.22. The maximum atomic E-state index is 12.6. The standard InChI is InChI=1S/C17H23ClN2O/c18-15-5-4-13(19)12-14(15)16(21)20-10-8-17(9-11-20)6-2-1-3-7-17/h4-5,12H,1-3,6-11,19H2. The molecule has 0 unspecified atom stereocenters. The van der Waals surface area contributed by atoms with Crippen LogP contribution in [0, 0.1) is 5.41 Å². The average Bonchev–Trinajstić information content (AvgIpc) is 2.51. The van der Waals surface area contributed by atoms with Crippen LogP contribution in [0.1, 0.15) is 55.3 Å². The van der Waals surface area contributed by atoms with Gasteiger partial charge in [-0.3, -0.25) is 4.79 Å². The zero-order chi connectivity index (χ0) is 14.9. The first kappa shape index (κ1) is 14.7. The largest absolute Gasteiger partial charge is 0.399 e. The highest BCUT2D eigenvalue weighted by Crippen LogP contribution is 2.44. The number of amides is 1. The molecule has 2 N–H and O–H groups in total. The lowest BCUT2D eigenvalue weighted by atomic mass is 9.68. The summed E-state index contributed by atoms with van der Waals surface area (Å²) in [6.07, 6.45) is 9.05. The molecule has 4 heteroatoms. The van der Waals surface area contributed by atoms with Crippen molar-refractivity contribution >= 4 is 23.2 Å². The number of halogens is 1. The van der Waals surface area contributed by atoms with Crippen molar-refractivity contribution in [2.24, 2.45) is 5.41 Å². The number of hydrogen-bond donors (Lipinski definition) is 1. The summed E-state index contributed by atoms with van der Waals surface area (Å²) in [5, 5.41) is 0.493. The fraction of sp³-hybridized carbons (Fsp3) is 0.588. The molecule has 114 valence electrons. The Morgan fingerprint density at radius 1 is 1.10 bits per heavy atom. The number of carbonyl (C=O) groups excluding carboxylic acids is 1. The van der Waals surface area contributed by atoms with Crippen LogP contribution in [0.4, 0.5) is 5.69 Å². The van der Waals surface area contributed by atoms with Gasteiger partial charge >= 0.3 is 0 Å². The fourth-order valence-electron chi connectivity index (χ4n) is 3.86. The van der Waals surface area contributed by atoms with Crippen molar-refractivity contribution < 1.29 is 4.79 Å². The van der Waals surface area contributed by atoms with Gasteiger partial charge in [-0.05, 0) is 49.3 Å². The van der Waals surface area contributed by atoms with Crippen LogP contribution in [0.5, 0.6) is 0 Å². The Balaban J connectivity index is 1.69. The number of likely N-dealkylation sites (tertiary alicyclic amines) is 1. The second kappa shape index (κ2) is 5.88. The van der Waals surface area contributed by atoms with Gasteiger partial charge in [-0.2, -0.15) is 0 Å². The highest BCUT2D eigenvalue weighted by atomic mass is 35.5. The molecular formula is C17H23ClN2O. The zero-order valence-corrected chi connectivity index (χ0v) is 13.2. The third-order valence-electron chi connectivity index (χ3n) is 5.25. The van der Waals surface area contributed by atoms with Crippen LogP contribution in [0.15, 0.2) is 18.2 Å². The van der Waals surface area contributed by atoms with Crippen LogP contribution < -0.4 is 5.73 Å². The Labute approximate surface area is 131 Å². The third kappa shape index (κ3) is 3.03. The van der Waals surface area contributed by atoms with Gasteiger partial charge in [-0.1, -0.05) is 30.9 Å². The SMILES string of the molecule is Nc1ccc(Cl)c(C(=O)N2CCC3(CCCCC3)CC2)c1. The minimum absolute atomic E-state index is 0.0259. The van der Waals surface area contributed by atoms with E-state index < -0.39 is 0 Å². The van der Waals surface area contributed by atoms with Gasteiger partial charge in [0.2, 0.25) is 0 Å². The van der Waals surface area contributed by atoms with Crippen LogP contribution >= 0.6 is 11.6 Å². The molecule has 1 heterocycles. The number of rotatable bonds is 1. The molecule has 1 saturated carbocycles. The second-order valence-corrected chi connectivity index (χ2v) is 7.00. The summed E-state index contributed by atoms with van der Waals surface area (Å²) in [7, 11) is 0. The first-order chi connectivity index (χ1) is 10.1. The van der Waals surface area contributed by atoms with Crippen molar-refractivity contribution in [3.63, 3.8) is 0 Å². The highest BCUT2D eigenvalue weighted by molar-refractivity contribution is 6.34. The first-order valence-electron chi connectivity index (χ1n) is 7.94. The van der Waals surface area contributed by atoms with E-state index in [1.807, 2.05) is 4.90 Å². The lowest BCUT2D eigenvalue weighted by molar-refractivity contribution is 0.0472. The predicted octanol–water partition coefficient (Wildman–Crippen LogP) is 4.11. The number of nitrogen functional groups attached to an aromatic ring is 1. The Bertz CT molecular complexity index is 528.